The molecule has 1 atom stereocenters. The lowest BCUT2D eigenvalue weighted by molar-refractivity contribution is -0.115. The third-order valence-electron chi connectivity index (χ3n) is 4.24. The molecule has 25 heavy (non-hydrogen) atoms. The Kier molecular flexibility index (Phi) is 5.78. The molecule has 2 heterocycles. The topological polar surface area (TPSA) is 85.8 Å². The second kappa shape index (κ2) is 8.03. The van der Waals surface area contributed by atoms with Crippen molar-refractivity contribution in [2.24, 2.45) is 0 Å². The number of rotatable bonds is 9. The molecule has 2 aromatic heterocycles. The van der Waals surface area contributed by atoms with Crippen molar-refractivity contribution in [3.63, 3.8) is 0 Å². The summed E-state index contributed by atoms with van der Waals surface area (Å²) in [4.78, 5) is 12.7. The van der Waals surface area contributed by atoms with Crippen LogP contribution in [0.4, 0.5) is 5.82 Å². The average Bonchev–Trinajstić information content (AvgIpc) is 3.24. The average molecular weight is 363 g/mol. The highest BCUT2D eigenvalue weighted by atomic mass is 32.2. The van der Waals surface area contributed by atoms with Crippen molar-refractivity contribution >= 4 is 23.5 Å². The second-order valence-corrected chi connectivity index (χ2v) is 7.59. The van der Waals surface area contributed by atoms with Gasteiger partial charge < -0.3 is 14.4 Å². The maximum absolute atomic E-state index is 12.7. The molecule has 0 radical (unpaired) electrons. The summed E-state index contributed by atoms with van der Waals surface area (Å²) in [6.45, 7) is 6.85. The first-order valence-electron chi connectivity index (χ1n) is 8.96. The maximum Gasteiger partial charge on any atom is 0.239 e. The highest BCUT2D eigenvalue weighted by molar-refractivity contribution is 8.00. The van der Waals surface area contributed by atoms with Crippen LogP contribution < -0.4 is 5.32 Å². The highest BCUT2D eigenvalue weighted by Crippen LogP contribution is 2.40. The maximum atomic E-state index is 12.7. The van der Waals surface area contributed by atoms with Crippen molar-refractivity contribution in [1.82, 2.24) is 19.9 Å². The normalized spacial score (nSPS) is 15.3. The zero-order valence-electron chi connectivity index (χ0n) is 15.0. The summed E-state index contributed by atoms with van der Waals surface area (Å²) in [6.07, 6.45) is 5.20. The van der Waals surface area contributed by atoms with Crippen LogP contribution in [-0.2, 0) is 11.3 Å². The van der Waals surface area contributed by atoms with Crippen molar-refractivity contribution in [2.45, 2.75) is 75.7 Å². The van der Waals surface area contributed by atoms with E-state index >= 15 is 0 Å². The Balaban J connectivity index is 1.72. The van der Waals surface area contributed by atoms with Crippen LogP contribution in [0.15, 0.2) is 15.7 Å². The molecule has 1 aliphatic rings. The van der Waals surface area contributed by atoms with E-state index in [1.54, 1.807) is 13.0 Å². The Morgan fingerprint density at radius 2 is 2.24 bits per heavy atom. The molecule has 2 aromatic rings. The summed E-state index contributed by atoms with van der Waals surface area (Å²) in [5.41, 5.74) is 0. The first-order valence-corrected chi connectivity index (χ1v) is 9.84. The fourth-order valence-corrected chi connectivity index (χ4v) is 3.86. The number of carbonyl (C=O) groups excluding carboxylic acids is 1. The Hall–Kier alpha value is -1.83. The van der Waals surface area contributed by atoms with Crippen LogP contribution in [0.2, 0.25) is 0 Å². The van der Waals surface area contributed by atoms with Crippen LogP contribution in [-0.4, -0.2) is 31.1 Å². The minimum atomic E-state index is -0.224. The molecule has 3 rings (SSSR count). The van der Waals surface area contributed by atoms with Gasteiger partial charge in [-0.15, -0.1) is 10.2 Å². The number of nitrogens with one attached hydrogen (secondary N) is 1. The highest BCUT2D eigenvalue weighted by Gasteiger charge is 2.31. The molecule has 1 unspecified atom stereocenters. The van der Waals surface area contributed by atoms with E-state index in [2.05, 4.69) is 39.1 Å². The van der Waals surface area contributed by atoms with Gasteiger partial charge in [0.1, 0.15) is 11.6 Å². The Bertz CT molecular complexity index is 722. The smallest absolute Gasteiger partial charge is 0.239 e. The number of aromatic nitrogens is 4. The van der Waals surface area contributed by atoms with Gasteiger partial charge in [0, 0.05) is 18.5 Å². The summed E-state index contributed by atoms with van der Waals surface area (Å²) in [6, 6.07) is 1.72. The van der Waals surface area contributed by atoms with E-state index in [0.717, 1.165) is 36.8 Å². The fourth-order valence-electron chi connectivity index (χ4n) is 2.72. The largest absolute Gasteiger partial charge is 0.360 e. The SMILES string of the molecule is CCCCC(Sc1nnc(C2CC2)n1CC)C(=O)Nc1cc(C)on1. The van der Waals surface area contributed by atoms with Crippen LogP contribution in [0.25, 0.3) is 0 Å². The number of thioether (sulfide) groups is 1. The third kappa shape index (κ3) is 4.42. The van der Waals surface area contributed by atoms with E-state index in [9.17, 15) is 4.79 Å². The molecule has 0 aliphatic heterocycles. The standard InChI is InChI=1S/C17H25N5O2S/c1-4-6-7-13(16(23)18-14-10-11(3)24-21-14)25-17-20-19-15(12-8-9-12)22(17)5-2/h10,12-13H,4-9H2,1-3H3,(H,18,21,23). The molecule has 8 heteroatoms. The Morgan fingerprint density at radius 1 is 1.44 bits per heavy atom. The lowest BCUT2D eigenvalue weighted by Gasteiger charge is -2.15. The van der Waals surface area contributed by atoms with Gasteiger partial charge in [0.05, 0.1) is 5.25 Å². The van der Waals surface area contributed by atoms with E-state index in [0.29, 0.717) is 17.5 Å². The van der Waals surface area contributed by atoms with Crippen molar-refractivity contribution in [3.05, 3.63) is 17.7 Å². The number of hydrogen-bond donors (Lipinski definition) is 1. The summed E-state index contributed by atoms with van der Waals surface area (Å²) < 4.78 is 7.17. The zero-order chi connectivity index (χ0) is 17.8. The predicted octanol–water partition coefficient (Wildman–Crippen LogP) is 3.76. The number of hydrogen-bond acceptors (Lipinski definition) is 6. The quantitative estimate of drug-likeness (QED) is 0.683. The molecular formula is C17H25N5O2S. The molecule has 1 aliphatic carbocycles. The van der Waals surface area contributed by atoms with Gasteiger partial charge in [-0.05, 0) is 33.1 Å². The molecule has 136 valence electrons. The molecule has 7 nitrogen and oxygen atoms in total. The molecule has 1 saturated carbocycles. The van der Waals surface area contributed by atoms with Crippen LogP contribution in [0, 0.1) is 6.92 Å². The molecule has 0 saturated heterocycles. The van der Waals surface area contributed by atoms with E-state index in [1.165, 1.54) is 24.6 Å². The van der Waals surface area contributed by atoms with Crippen molar-refractivity contribution in [3.8, 4) is 0 Å². The second-order valence-electron chi connectivity index (χ2n) is 6.42. The molecule has 0 spiro atoms. The summed E-state index contributed by atoms with van der Waals surface area (Å²) >= 11 is 1.50. The molecule has 0 bridgehead atoms. The summed E-state index contributed by atoms with van der Waals surface area (Å²) in [5.74, 6) is 2.67. The van der Waals surface area contributed by atoms with E-state index in [1.807, 2.05) is 0 Å². The third-order valence-corrected chi connectivity index (χ3v) is 5.49. The van der Waals surface area contributed by atoms with E-state index in [4.69, 9.17) is 4.52 Å². The number of nitrogens with zero attached hydrogens (tertiary/aromatic N) is 4. The van der Waals surface area contributed by atoms with Gasteiger partial charge in [0.15, 0.2) is 11.0 Å². The Morgan fingerprint density at radius 3 is 2.84 bits per heavy atom. The van der Waals surface area contributed by atoms with Crippen LogP contribution >= 0.6 is 11.8 Å². The lowest BCUT2D eigenvalue weighted by atomic mass is 10.2. The molecule has 1 N–H and O–H groups in total. The van der Waals surface area contributed by atoms with Crippen LogP contribution in [0.3, 0.4) is 0 Å². The van der Waals surface area contributed by atoms with E-state index < -0.39 is 0 Å². The van der Waals surface area contributed by atoms with Gasteiger partial charge in [-0.2, -0.15) is 0 Å². The minimum Gasteiger partial charge on any atom is -0.360 e. The molecule has 1 amide bonds. The van der Waals surface area contributed by atoms with Crippen molar-refractivity contribution in [2.75, 3.05) is 5.32 Å². The van der Waals surface area contributed by atoms with Gasteiger partial charge in [0.25, 0.3) is 0 Å². The number of anilines is 1. The van der Waals surface area contributed by atoms with Crippen LogP contribution in [0.1, 0.15) is 63.5 Å². The first kappa shape index (κ1) is 18.0. The molecule has 0 aromatic carbocycles. The first-order chi connectivity index (χ1) is 12.1. The summed E-state index contributed by atoms with van der Waals surface area (Å²) in [5, 5.41) is 16.0. The molecule has 1 fully saturated rings. The van der Waals surface area contributed by atoms with Gasteiger partial charge in [-0.25, -0.2) is 0 Å². The molecular weight excluding hydrogens is 338 g/mol. The Labute approximate surface area is 151 Å². The number of carbonyl (C=O) groups is 1. The van der Waals surface area contributed by atoms with E-state index in [-0.39, 0.29) is 11.2 Å². The minimum absolute atomic E-state index is 0.0645. The van der Waals surface area contributed by atoms with Crippen molar-refractivity contribution < 1.29 is 9.32 Å². The van der Waals surface area contributed by atoms with Gasteiger partial charge in [0.2, 0.25) is 5.91 Å². The number of aryl methyl sites for hydroxylation is 1. The predicted molar refractivity (Wildman–Crippen MR) is 96.7 cm³/mol. The zero-order valence-corrected chi connectivity index (χ0v) is 15.8. The van der Waals surface area contributed by atoms with Gasteiger partial charge in [-0.3, -0.25) is 4.79 Å². The fraction of sp³-hybridized carbons (Fsp3) is 0.647. The van der Waals surface area contributed by atoms with Gasteiger partial charge >= 0.3 is 0 Å². The monoisotopic (exact) mass is 363 g/mol. The summed E-state index contributed by atoms with van der Waals surface area (Å²) in [7, 11) is 0. The number of unbranched alkanes of at least 4 members (excludes halogenated alkanes) is 1. The van der Waals surface area contributed by atoms with Crippen LogP contribution in [0.5, 0.6) is 0 Å². The lowest BCUT2D eigenvalue weighted by Crippen LogP contribution is -2.26. The number of amides is 1. The van der Waals surface area contributed by atoms with Gasteiger partial charge in [-0.1, -0.05) is 36.7 Å². The van der Waals surface area contributed by atoms with Crippen molar-refractivity contribution in [1.29, 1.82) is 0 Å².